The second-order valence-electron chi connectivity index (χ2n) is 4.75. The minimum absolute atomic E-state index is 0.0839. The van der Waals surface area contributed by atoms with Gasteiger partial charge >= 0.3 is 8.80 Å². The average Bonchev–Trinajstić information content (AvgIpc) is 2.38. The van der Waals surface area contributed by atoms with Crippen molar-refractivity contribution in [2.24, 2.45) is 0 Å². The van der Waals surface area contributed by atoms with E-state index >= 15 is 0 Å². The lowest BCUT2D eigenvalue weighted by Crippen LogP contribution is -2.58. The highest BCUT2D eigenvalue weighted by atomic mass is 28.4. The maximum absolute atomic E-state index is 6.07. The number of nitrogens with zero attached hydrogens (tertiary/aromatic N) is 1. The summed E-state index contributed by atoms with van der Waals surface area (Å²) in [5, 5.41) is 0. The molecule has 2 aliphatic heterocycles. The third kappa shape index (κ3) is 3.27. The minimum atomic E-state index is -2.58. The molecule has 2 heterocycles. The van der Waals surface area contributed by atoms with Crippen LogP contribution in [0.1, 0.15) is 20.3 Å². The number of hydrogen-bond acceptors (Lipinski definition) is 5. The fraction of sp³-hybridized carbons (Fsp3) is 1.00. The summed E-state index contributed by atoms with van der Waals surface area (Å²) in [6.45, 7) is 7.89. The Morgan fingerprint density at radius 3 is 2.94 bits per heavy atom. The van der Waals surface area contributed by atoms with E-state index < -0.39 is 8.80 Å². The molecule has 0 radical (unpaired) electrons. The summed E-state index contributed by atoms with van der Waals surface area (Å²) in [6, 6.07) is 0. The molecule has 2 aliphatic rings. The van der Waals surface area contributed by atoms with Crippen molar-refractivity contribution < 1.29 is 18.0 Å². The van der Waals surface area contributed by atoms with Gasteiger partial charge in [0, 0.05) is 26.3 Å². The van der Waals surface area contributed by atoms with Crippen LogP contribution in [0.15, 0.2) is 0 Å². The van der Waals surface area contributed by atoms with Crippen LogP contribution in [-0.2, 0) is 18.0 Å². The van der Waals surface area contributed by atoms with Crippen molar-refractivity contribution in [3.05, 3.63) is 0 Å². The van der Waals surface area contributed by atoms with E-state index in [1.165, 1.54) is 0 Å². The summed E-state index contributed by atoms with van der Waals surface area (Å²) in [6.07, 6.45) is 1.75. The SMILES string of the molecule is CCN1CCC(C)O[Si]2(OC)COCC(C1)O2. The zero-order chi connectivity index (χ0) is 12.3. The maximum atomic E-state index is 6.07. The van der Waals surface area contributed by atoms with Crippen LogP contribution in [0.5, 0.6) is 0 Å². The largest absolute Gasteiger partial charge is 0.528 e. The van der Waals surface area contributed by atoms with Gasteiger partial charge in [0.25, 0.3) is 0 Å². The van der Waals surface area contributed by atoms with Crippen LogP contribution in [0, 0.1) is 0 Å². The molecule has 0 aromatic carbocycles. The molecule has 6 heteroatoms. The lowest BCUT2D eigenvalue weighted by molar-refractivity contribution is -0.0701. The van der Waals surface area contributed by atoms with Crippen molar-refractivity contribution in [3.63, 3.8) is 0 Å². The van der Waals surface area contributed by atoms with Gasteiger partial charge in [-0.25, -0.2) is 0 Å². The van der Waals surface area contributed by atoms with Gasteiger partial charge in [0.1, 0.15) is 6.23 Å². The molecule has 0 N–H and O–H groups in total. The molecule has 17 heavy (non-hydrogen) atoms. The second kappa shape index (κ2) is 5.77. The zero-order valence-corrected chi connectivity index (χ0v) is 12.0. The molecule has 0 aliphatic carbocycles. The molecular weight excluding hydrogens is 238 g/mol. The highest BCUT2D eigenvalue weighted by Crippen LogP contribution is 2.22. The molecule has 0 spiro atoms. The predicted octanol–water partition coefficient (Wildman–Crippen LogP) is 0.657. The summed E-state index contributed by atoms with van der Waals surface area (Å²) >= 11 is 0. The lowest BCUT2D eigenvalue weighted by Gasteiger charge is -2.37. The van der Waals surface area contributed by atoms with Crippen LogP contribution in [-0.4, -0.2) is 65.5 Å². The number of ether oxygens (including phenoxy) is 1. The molecule has 2 bridgehead atoms. The van der Waals surface area contributed by atoms with Gasteiger partial charge in [-0.15, -0.1) is 0 Å². The molecule has 2 saturated heterocycles. The van der Waals surface area contributed by atoms with Gasteiger partial charge in [0.2, 0.25) is 0 Å². The minimum Gasteiger partial charge on any atom is -0.375 e. The Labute approximate surface area is 104 Å². The van der Waals surface area contributed by atoms with E-state index in [9.17, 15) is 0 Å². The fourth-order valence-corrected chi connectivity index (χ4v) is 4.59. The van der Waals surface area contributed by atoms with Crippen molar-refractivity contribution in [2.75, 3.05) is 39.6 Å². The van der Waals surface area contributed by atoms with E-state index in [0.29, 0.717) is 12.8 Å². The van der Waals surface area contributed by atoms with Crippen LogP contribution >= 0.6 is 0 Å². The Bertz CT molecular complexity index is 256. The van der Waals surface area contributed by atoms with Gasteiger partial charge in [-0.1, -0.05) is 6.92 Å². The van der Waals surface area contributed by atoms with Gasteiger partial charge < -0.3 is 22.9 Å². The molecule has 0 aromatic rings. The summed E-state index contributed by atoms with van der Waals surface area (Å²) in [4.78, 5) is 2.39. The second-order valence-corrected chi connectivity index (χ2v) is 7.29. The third-order valence-electron chi connectivity index (χ3n) is 3.38. The van der Waals surface area contributed by atoms with Crippen LogP contribution in [0.4, 0.5) is 0 Å². The van der Waals surface area contributed by atoms with E-state index in [2.05, 4.69) is 18.7 Å². The summed E-state index contributed by atoms with van der Waals surface area (Å²) < 4.78 is 23.2. The lowest BCUT2D eigenvalue weighted by atomic mass is 10.2. The van der Waals surface area contributed by atoms with Crippen molar-refractivity contribution in [2.45, 2.75) is 32.5 Å². The van der Waals surface area contributed by atoms with Gasteiger partial charge in [-0.05, 0) is 19.9 Å². The molecule has 2 fully saturated rings. The first kappa shape index (κ1) is 13.4. The molecule has 0 saturated carbocycles. The van der Waals surface area contributed by atoms with Gasteiger partial charge in [0.05, 0.1) is 12.7 Å². The Kier molecular flexibility index (Phi) is 4.57. The van der Waals surface area contributed by atoms with Crippen LogP contribution in [0.2, 0.25) is 0 Å². The Morgan fingerprint density at radius 2 is 2.24 bits per heavy atom. The van der Waals surface area contributed by atoms with Crippen LogP contribution in [0.3, 0.4) is 0 Å². The summed E-state index contributed by atoms with van der Waals surface area (Å²) in [5.41, 5.74) is 0. The molecule has 3 unspecified atom stereocenters. The summed E-state index contributed by atoms with van der Waals surface area (Å²) in [5.74, 6) is 0. The third-order valence-corrected chi connectivity index (χ3v) is 6.02. The molecule has 0 amide bonds. The monoisotopic (exact) mass is 261 g/mol. The van der Waals surface area contributed by atoms with Crippen molar-refractivity contribution >= 4 is 8.80 Å². The number of fused-ring (bicyclic) bond motifs is 2. The molecular formula is C11H23NO4Si. The van der Waals surface area contributed by atoms with Crippen molar-refractivity contribution in [1.29, 1.82) is 0 Å². The fourth-order valence-electron chi connectivity index (χ4n) is 2.34. The van der Waals surface area contributed by atoms with E-state index in [-0.39, 0.29) is 12.2 Å². The first-order valence-corrected chi connectivity index (χ1v) is 8.31. The first-order chi connectivity index (χ1) is 8.17. The topological polar surface area (TPSA) is 40.2 Å². The molecule has 2 rings (SSSR count). The molecule has 0 aromatic heterocycles. The molecule has 100 valence electrons. The Balaban J connectivity index is 2.11. The van der Waals surface area contributed by atoms with Crippen LogP contribution in [0.25, 0.3) is 0 Å². The van der Waals surface area contributed by atoms with E-state index in [4.69, 9.17) is 18.0 Å². The van der Waals surface area contributed by atoms with Gasteiger partial charge in [-0.3, -0.25) is 0 Å². The maximum Gasteiger partial charge on any atom is 0.528 e. The average molecular weight is 261 g/mol. The highest BCUT2D eigenvalue weighted by molar-refractivity contribution is 6.60. The van der Waals surface area contributed by atoms with Gasteiger partial charge in [0.15, 0.2) is 0 Å². The quantitative estimate of drug-likeness (QED) is 0.683. The zero-order valence-electron chi connectivity index (χ0n) is 11.0. The van der Waals surface area contributed by atoms with E-state index in [1.807, 2.05) is 0 Å². The number of likely N-dealkylation sites (N-methyl/N-ethyl adjacent to an activating group) is 1. The molecule has 3 atom stereocenters. The summed E-state index contributed by atoms with van der Waals surface area (Å²) in [7, 11) is -0.909. The highest BCUT2D eigenvalue weighted by Gasteiger charge is 2.48. The van der Waals surface area contributed by atoms with Crippen molar-refractivity contribution in [1.82, 2.24) is 4.90 Å². The van der Waals surface area contributed by atoms with E-state index in [0.717, 1.165) is 26.1 Å². The van der Waals surface area contributed by atoms with Crippen molar-refractivity contribution in [3.8, 4) is 0 Å². The number of hydrogen-bond donors (Lipinski definition) is 0. The van der Waals surface area contributed by atoms with E-state index in [1.54, 1.807) is 7.11 Å². The Morgan fingerprint density at radius 1 is 1.41 bits per heavy atom. The normalized spacial score (nSPS) is 40.4. The molecule has 5 nitrogen and oxygen atoms in total. The van der Waals surface area contributed by atoms with Crippen LogP contribution < -0.4 is 0 Å². The smallest absolute Gasteiger partial charge is 0.375 e. The predicted molar refractivity (Wildman–Crippen MR) is 65.7 cm³/mol. The number of rotatable bonds is 2. The first-order valence-electron chi connectivity index (χ1n) is 6.38. The Hall–Kier alpha value is 0.0169. The van der Waals surface area contributed by atoms with Gasteiger partial charge in [-0.2, -0.15) is 0 Å². The standard InChI is InChI=1S/C11H23NO4Si/c1-4-12-6-5-10(2)15-17(13-3)9-14-8-11(7-12)16-17/h10-11H,4-9H2,1-3H3.